The first-order chi connectivity index (χ1) is 10.8. The molecule has 0 saturated carbocycles. The molecule has 1 fully saturated rings. The molecule has 1 saturated heterocycles. The highest BCUT2D eigenvalue weighted by molar-refractivity contribution is 5.94. The van der Waals surface area contributed by atoms with E-state index in [9.17, 15) is 14.4 Å². The Morgan fingerprint density at radius 1 is 1.35 bits per heavy atom. The quantitative estimate of drug-likeness (QED) is 0.843. The van der Waals surface area contributed by atoms with Gasteiger partial charge in [-0.15, -0.1) is 0 Å². The second kappa shape index (κ2) is 6.80. The zero-order valence-electron chi connectivity index (χ0n) is 13.4. The summed E-state index contributed by atoms with van der Waals surface area (Å²) in [5, 5.41) is 15.8. The van der Waals surface area contributed by atoms with Crippen LogP contribution in [0.3, 0.4) is 0 Å². The van der Waals surface area contributed by atoms with Crippen molar-refractivity contribution in [2.24, 2.45) is 0 Å². The van der Waals surface area contributed by atoms with Gasteiger partial charge in [0.25, 0.3) is 0 Å². The first-order valence-corrected chi connectivity index (χ1v) is 7.67. The van der Waals surface area contributed by atoms with E-state index in [1.165, 1.54) is 30.9 Å². The maximum atomic E-state index is 12.1. The summed E-state index contributed by atoms with van der Waals surface area (Å²) in [6.07, 6.45) is 6.12. The summed E-state index contributed by atoms with van der Waals surface area (Å²) in [6, 6.07) is 0. The minimum Gasteiger partial charge on any atom is -0.479 e. The van der Waals surface area contributed by atoms with E-state index in [0.717, 1.165) is 19.3 Å². The van der Waals surface area contributed by atoms with Crippen molar-refractivity contribution in [3.8, 4) is 0 Å². The van der Waals surface area contributed by atoms with Crippen LogP contribution in [0, 0.1) is 0 Å². The molecule has 0 radical (unpaired) electrons. The number of carboxylic acid groups (broad SMARTS) is 1. The number of likely N-dealkylation sites (tertiary alicyclic amines) is 1. The highest BCUT2D eigenvalue weighted by atomic mass is 16.4. The Balaban J connectivity index is 1.97. The van der Waals surface area contributed by atoms with Crippen LogP contribution in [0.2, 0.25) is 0 Å². The van der Waals surface area contributed by atoms with Crippen LogP contribution >= 0.6 is 0 Å². The third-order valence-electron chi connectivity index (χ3n) is 3.97. The molecule has 8 nitrogen and oxygen atoms in total. The first kappa shape index (κ1) is 17.0. The van der Waals surface area contributed by atoms with Crippen LogP contribution in [-0.2, 0) is 19.9 Å². The fourth-order valence-electron chi connectivity index (χ4n) is 2.37. The van der Waals surface area contributed by atoms with E-state index in [4.69, 9.17) is 5.11 Å². The lowest BCUT2D eigenvalue weighted by atomic mass is 10.1. The van der Waals surface area contributed by atoms with Crippen LogP contribution in [0.5, 0.6) is 0 Å². The first-order valence-electron chi connectivity index (χ1n) is 7.67. The summed E-state index contributed by atoms with van der Waals surface area (Å²) in [6.45, 7) is 3.64. The number of carboxylic acids is 1. The molecule has 2 N–H and O–H groups in total. The summed E-state index contributed by atoms with van der Waals surface area (Å²) in [5.74, 6) is -1.33. The van der Waals surface area contributed by atoms with Crippen molar-refractivity contribution in [1.82, 2.24) is 14.7 Å². The van der Waals surface area contributed by atoms with Crippen LogP contribution in [0.4, 0.5) is 5.69 Å². The van der Waals surface area contributed by atoms with Crippen molar-refractivity contribution in [2.75, 3.05) is 18.4 Å². The molecule has 2 amide bonds. The third kappa shape index (κ3) is 4.08. The molecule has 0 spiro atoms. The van der Waals surface area contributed by atoms with E-state index >= 15 is 0 Å². The number of nitrogens with zero attached hydrogens (tertiary/aromatic N) is 3. The van der Waals surface area contributed by atoms with Crippen LogP contribution in [0.25, 0.3) is 0 Å². The maximum Gasteiger partial charge on any atom is 0.331 e. The molecule has 0 atom stereocenters. The van der Waals surface area contributed by atoms with E-state index in [2.05, 4.69) is 10.4 Å². The average molecular weight is 322 g/mol. The van der Waals surface area contributed by atoms with Gasteiger partial charge in [-0.3, -0.25) is 14.3 Å². The summed E-state index contributed by atoms with van der Waals surface area (Å²) in [4.78, 5) is 36.7. The zero-order valence-corrected chi connectivity index (χ0v) is 13.4. The summed E-state index contributed by atoms with van der Waals surface area (Å²) < 4.78 is 1.28. The molecule has 2 rings (SSSR count). The molecule has 1 aromatic rings. The number of hydrogen-bond acceptors (Lipinski definition) is 4. The molecule has 2 heterocycles. The van der Waals surface area contributed by atoms with E-state index < -0.39 is 11.5 Å². The third-order valence-corrected chi connectivity index (χ3v) is 3.97. The lowest BCUT2D eigenvalue weighted by Crippen LogP contribution is -2.37. The molecule has 126 valence electrons. The van der Waals surface area contributed by atoms with Gasteiger partial charge in [0.15, 0.2) is 5.54 Å². The normalized spacial score (nSPS) is 16.1. The summed E-state index contributed by atoms with van der Waals surface area (Å²) >= 11 is 0. The van der Waals surface area contributed by atoms with Gasteiger partial charge in [0.05, 0.1) is 18.4 Å². The van der Waals surface area contributed by atoms with Crippen molar-refractivity contribution in [1.29, 1.82) is 0 Å². The second-order valence-corrected chi connectivity index (χ2v) is 6.21. The summed E-state index contributed by atoms with van der Waals surface area (Å²) in [7, 11) is 0. The number of rotatable bonds is 5. The molecule has 1 aliphatic heterocycles. The SMILES string of the molecule is CC(C)(C(=O)O)n1cc(NC(=O)CN2CCCCCC2=O)cn1. The molecular weight excluding hydrogens is 300 g/mol. The number of aromatic nitrogens is 2. The minimum absolute atomic E-state index is 0.000329. The Bertz CT molecular complexity index is 608. The van der Waals surface area contributed by atoms with Crippen molar-refractivity contribution >= 4 is 23.5 Å². The predicted molar refractivity (Wildman–Crippen MR) is 82.9 cm³/mol. The van der Waals surface area contributed by atoms with Crippen molar-refractivity contribution in [3.63, 3.8) is 0 Å². The van der Waals surface area contributed by atoms with E-state index in [1.807, 2.05) is 0 Å². The monoisotopic (exact) mass is 322 g/mol. The van der Waals surface area contributed by atoms with Gasteiger partial charge in [0, 0.05) is 19.2 Å². The average Bonchev–Trinajstić information content (AvgIpc) is 2.85. The molecule has 0 unspecified atom stereocenters. The van der Waals surface area contributed by atoms with E-state index in [0.29, 0.717) is 18.7 Å². The maximum absolute atomic E-state index is 12.1. The van der Waals surface area contributed by atoms with Crippen LogP contribution < -0.4 is 5.32 Å². The number of amides is 2. The molecular formula is C15H22N4O4. The van der Waals surface area contributed by atoms with Crippen molar-refractivity contribution in [3.05, 3.63) is 12.4 Å². The van der Waals surface area contributed by atoms with Gasteiger partial charge >= 0.3 is 5.97 Å². The Kier molecular flexibility index (Phi) is 5.02. The van der Waals surface area contributed by atoms with Gasteiger partial charge in [0.1, 0.15) is 0 Å². The number of hydrogen-bond donors (Lipinski definition) is 2. The number of nitrogens with one attached hydrogen (secondary N) is 1. The lowest BCUT2D eigenvalue weighted by Gasteiger charge is -2.20. The lowest BCUT2D eigenvalue weighted by molar-refractivity contribution is -0.146. The molecule has 0 bridgehead atoms. The molecule has 0 aliphatic carbocycles. The topological polar surface area (TPSA) is 105 Å². The fourth-order valence-corrected chi connectivity index (χ4v) is 2.37. The highest BCUT2D eigenvalue weighted by Gasteiger charge is 2.30. The smallest absolute Gasteiger partial charge is 0.331 e. The van der Waals surface area contributed by atoms with Gasteiger partial charge in [-0.05, 0) is 26.7 Å². The van der Waals surface area contributed by atoms with Gasteiger partial charge in [-0.1, -0.05) is 6.42 Å². The Labute approximate surface area is 134 Å². The Hall–Kier alpha value is -2.38. The molecule has 23 heavy (non-hydrogen) atoms. The Morgan fingerprint density at radius 3 is 2.78 bits per heavy atom. The van der Waals surface area contributed by atoms with Gasteiger partial charge in [-0.25, -0.2) is 4.79 Å². The van der Waals surface area contributed by atoms with Gasteiger partial charge < -0.3 is 15.3 Å². The van der Waals surface area contributed by atoms with Gasteiger partial charge in [0.2, 0.25) is 11.8 Å². The Morgan fingerprint density at radius 2 is 2.09 bits per heavy atom. The van der Waals surface area contributed by atoms with Crippen LogP contribution in [0.15, 0.2) is 12.4 Å². The van der Waals surface area contributed by atoms with Crippen LogP contribution in [0.1, 0.15) is 39.5 Å². The van der Waals surface area contributed by atoms with Crippen LogP contribution in [-0.4, -0.2) is 50.7 Å². The molecule has 8 heteroatoms. The molecule has 1 aliphatic rings. The predicted octanol–water partition coefficient (Wildman–Crippen LogP) is 1.04. The number of aliphatic carboxylic acids is 1. The number of anilines is 1. The van der Waals surface area contributed by atoms with E-state index in [1.54, 1.807) is 4.90 Å². The fraction of sp³-hybridized carbons (Fsp3) is 0.600. The standard InChI is InChI=1S/C15H22N4O4/c1-15(2,14(22)23)19-9-11(8-16-19)17-12(20)10-18-7-5-3-4-6-13(18)21/h8-9H,3-7,10H2,1-2H3,(H,17,20)(H,22,23). The van der Waals surface area contributed by atoms with Crippen molar-refractivity contribution < 1.29 is 19.5 Å². The van der Waals surface area contributed by atoms with Crippen molar-refractivity contribution in [2.45, 2.75) is 45.1 Å². The molecule has 0 aromatic carbocycles. The summed E-state index contributed by atoms with van der Waals surface area (Å²) in [5.41, 5.74) is -0.796. The van der Waals surface area contributed by atoms with E-state index in [-0.39, 0.29) is 18.4 Å². The number of carbonyl (C=O) groups excluding carboxylic acids is 2. The van der Waals surface area contributed by atoms with Gasteiger partial charge in [-0.2, -0.15) is 5.10 Å². The second-order valence-electron chi connectivity index (χ2n) is 6.21. The largest absolute Gasteiger partial charge is 0.479 e. The number of carbonyl (C=O) groups is 3. The molecule has 1 aromatic heterocycles. The minimum atomic E-state index is -1.20. The highest BCUT2D eigenvalue weighted by Crippen LogP contribution is 2.17. The zero-order chi connectivity index (χ0) is 17.0.